The minimum absolute atomic E-state index is 0.0781. The van der Waals surface area contributed by atoms with Crippen LogP contribution < -0.4 is 9.47 Å². The average molecular weight is 467 g/mol. The monoisotopic (exact) mass is 466 g/mol. The molecule has 1 fully saturated rings. The van der Waals surface area contributed by atoms with Crippen LogP contribution >= 0.6 is 0 Å². The molecule has 0 aromatic heterocycles. The van der Waals surface area contributed by atoms with Gasteiger partial charge in [0.2, 0.25) is 0 Å². The predicted octanol–water partition coefficient (Wildman–Crippen LogP) is 4.17. The number of likely N-dealkylation sites (tertiary alicyclic amines) is 1. The molecule has 0 saturated carbocycles. The fraction of sp³-hybridized carbons (Fsp3) is 0.407. The summed E-state index contributed by atoms with van der Waals surface area (Å²) in [7, 11) is 5.37. The first-order valence-corrected chi connectivity index (χ1v) is 11.6. The molecule has 1 unspecified atom stereocenters. The van der Waals surface area contributed by atoms with E-state index in [0.717, 1.165) is 18.4 Å². The van der Waals surface area contributed by atoms with Crippen molar-refractivity contribution in [2.75, 3.05) is 40.9 Å². The van der Waals surface area contributed by atoms with E-state index in [0.29, 0.717) is 42.3 Å². The van der Waals surface area contributed by atoms with Crippen molar-refractivity contribution in [1.29, 1.82) is 0 Å². The maximum absolute atomic E-state index is 13.1. The Morgan fingerprint density at radius 3 is 2.41 bits per heavy atom. The van der Waals surface area contributed by atoms with Gasteiger partial charge < -0.3 is 24.4 Å². The zero-order valence-corrected chi connectivity index (χ0v) is 20.6. The van der Waals surface area contributed by atoms with Crippen LogP contribution in [0.3, 0.4) is 0 Å². The fourth-order valence-electron chi connectivity index (χ4n) is 3.93. The van der Waals surface area contributed by atoms with Crippen molar-refractivity contribution in [3.05, 3.63) is 64.7 Å². The molecule has 0 aliphatic carbocycles. The van der Waals surface area contributed by atoms with E-state index < -0.39 is 17.7 Å². The number of benzene rings is 2. The molecule has 1 aliphatic rings. The highest BCUT2D eigenvalue weighted by molar-refractivity contribution is 6.46. The number of ketones is 1. The van der Waals surface area contributed by atoms with E-state index in [9.17, 15) is 14.7 Å². The van der Waals surface area contributed by atoms with Crippen LogP contribution in [-0.4, -0.2) is 67.5 Å². The van der Waals surface area contributed by atoms with Gasteiger partial charge in [0.05, 0.1) is 25.3 Å². The molecule has 1 N–H and O–H groups in total. The predicted molar refractivity (Wildman–Crippen MR) is 132 cm³/mol. The molecule has 1 amide bonds. The smallest absolute Gasteiger partial charge is 0.295 e. The van der Waals surface area contributed by atoms with Crippen molar-refractivity contribution in [2.45, 2.75) is 32.7 Å². The molecule has 182 valence electrons. The topological polar surface area (TPSA) is 79.3 Å². The van der Waals surface area contributed by atoms with Crippen LogP contribution in [0.4, 0.5) is 0 Å². The maximum atomic E-state index is 13.1. The summed E-state index contributed by atoms with van der Waals surface area (Å²) in [5, 5.41) is 11.2. The Bertz CT molecular complexity index is 1060. The third-order valence-electron chi connectivity index (χ3n) is 5.91. The summed E-state index contributed by atoms with van der Waals surface area (Å²) >= 11 is 0. The Morgan fingerprint density at radius 1 is 1.09 bits per heavy atom. The van der Waals surface area contributed by atoms with Gasteiger partial charge in [0.25, 0.3) is 11.7 Å². The lowest BCUT2D eigenvalue weighted by Crippen LogP contribution is -2.35. The Balaban J connectivity index is 2.10. The molecule has 0 bridgehead atoms. The van der Waals surface area contributed by atoms with Gasteiger partial charge in [0, 0.05) is 18.7 Å². The molecule has 2 aromatic rings. The number of methoxy groups -OCH3 is 1. The quantitative estimate of drug-likeness (QED) is 0.245. The van der Waals surface area contributed by atoms with Gasteiger partial charge in [-0.1, -0.05) is 49.2 Å². The van der Waals surface area contributed by atoms with E-state index in [1.807, 2.05) is 44.1 Å². The van der Waals surface area contributed by atoms with Crippen LogP contribution in [-0.2, 0) is 9.59 Å². The lowest BCUT2D eigenvalue weighted by atomic mass is 9.94. The van der Waals surface area contributed by atoms with Crippen LogP contribution in [0.25, 0.3) is 5.76 Å². The second-order valence-electron chi connectivity index (χ2n) is 8.77. The van der Waals surface area contributed by atoms with Gasteiger partial charge in [-0.2, -0.15) is 0 Å². The highest BCUT2D eigenvalue weighted by Gasteiger charge is 2.46. The van der Waals surface area contributed by atoms with Gasteiger partial charge in [-0.25, -0.2) is 0 Å². The van der Waals surface area contributed by atoms with Crippen LogP contribution in [0, 0.1) is 6.92 Å². The van der Waals surface area contributed by atoms with Crippen molar-refractivity contribution in [1.82, 2.24) is 9.80 Å². The normalized spacial score (nSPS) is 17.5. The van der Waals surface area contributed by atoms with Gasteiger partial charge in [-0.05, 0) is 45.1 Å². The molecule has 1 aliphatic heterocycles. The first-order chi connectivity index (χ1) is 16.3. The van der Waals surface area contributed by atoms with E-state index in [-0.39, 0.29) is 11.3 Å². The lowest BCUT2D eigenvalue weighted by molar-refractivity contribution is -0.140. The van der Waals surface area contributed by atoms with Gasteiger partial charge in [0.15, 0.2) is 11.5 Å². The number of carbonyl (C=O) groups excluding carboxylic acids is 2. The molecule has 0 radical (unpaired) electrons. The molecule has 1 atom stereocenters. The summed E-state index contributed by atoms with van der Waals surface area (Å²) < 4.78 is 11.4. The minimum atomic E-state index is -0.736. The van der Waals surface area contributed by atoms with Gasteiger partial charge in [-0.15, -0.1) is 0 Å². The number of aliphatic hydroxyl groups is 1. The lowest BCUT2D eigenvalue weighted by Gasteiger charge is -2.27. The SMILES string of the molecule is CCCCOc1ccc(C2/C(=C(\O)c3ccc(C)cc3)C(=O)C(=O)N2CCN(C)C)cc1OC. The average Bonchev–Trinajstić information content (AvgIpc) is 3.07. The van der Waals surface area contributed by atoms with Gasteiger partial charge in [0.1, 0.15) is 5.76 Å². The number of unbranched alkanes of at least 4 members (excludes halogenated alkanes) is 1. The number of aryl methyl sites for hydroxylation is 1. The molecular weight excluding hydrogens is 432 g/mol. The standard InChI is InChI=1S/C27H34N2O5/c1-6-7-16-34-21-13-12-20(17-22(21)33-5)24-23(25(30)19-10-8-18(2)9-11-19)26(31)27(32)29(24)15-14-28(3)4/h8-13,17,24,30H,6-7,14-16H2,1-5H3/b25-23+. The third kappa shape index (κ3) is 5.42. The molecule has 3 rings (SSSR count). The number of ether oxygens (including phenoxy) is 2. The highest BCUT2D eigenvalue weighted by atomic mass is 16.5. The maximum Gasteiger partial charge on any atom is 0.295 e. The molecule has 0 spiro atoms. The fourth-order valence-corrected chi connectivity index (χ4v) is 3.93. The van der Waals surface area contributed by atoms with Crippen molar-refractivity contribution in [2.24, 2.45) is 0 Å². The van der Waals surface area contributed by atoms with Crippen molar-refractivity contribution >= 4 is 17.4 Å². The number of rotatable bonds is 10. The second-order valence-corrected chi connectivity index (χ2v) is 8.77. The van der Waals surface area contributed by atoms with Crippen LogP contribution in [0.15, 0.2) is 48.0 Å². The summed E-state index contributed by atoms with van der Waals surface area (Å²) in [5.41, 5.74) is 2.27. The number of Topliss-reactive ketones (excluding diaryl/α,β-unsaturated/α-hetero) is 1. The molecule has 34 heavy (non-hydrogen) atoms. The number of carbonyl (C=O) groups is 2. The second kappa shape index (κ2) is 11.2. The van der Waals surface area contributed by atoms with Crippen LogP contribution in [0.1, 0.15) is 42.5 Å². The van der Waals surface area contributed by atoms with Crippen molar-refractivity contribution < 1.29 is 24.2 Å². The Kier molecular flexibility index (Phi) is 8.34. The summed E-state index contributed by atoms with van der Waals surface area (Å²) in [6.07, 6.45) is 1.94. The third-order valence-corrected chi connectivity index (χ3v) is 5.91. The molecule has 1 saturated heterocycles. The van der Waals surface area contributed by atoms with E-state index >= 15 is 0 Å². The number of hydrogen-bond donors (Lipinski definition) is 1. The van der Waals surface area contributed by atoms with Crippen molar-refractivity contribution in [3.8, 4) is 11.5 Å². The van der Waals surface area contributed by atoms with E-state index in [1.54, 1.807) is 31.4 Å². The van der Waals surface area contributed by atoms with Gasteiger partial charge >= 0.3 is 0 Å². The van der Waals surface area contributed by atoms with Crippen LogP contribution in [0.2, 0.25) is 0 Å². The Morgan fingerprint density at radius 2 is 1.79 bits per heavy atom. The van der Waals surface area contributed by atoms with Crippen LogP contribution in [0.5, 0.6) is 11.5 Å². The van der Waals surface area contributed by atoms with Crippen molar-refractivity contribution in [3.63, 3.8) is 0 Å². The zero-order chi connectivity index (χ0) is 24.8. The summed E-state index contributed by atoms with van der Waals surface area (Å²) in [6, 6.07) is 11.9. The number of likely N-dealkylation sites (N-methyl/N-ethyl adjacent to an activating group) is 1. The number of hydrogen-bond acceptors (Lipinski definition) is 6. The number of amides is 1. The molecule has 1 heterocycles. The summed E-state index contributed by atoms with van der Waals surface area (Å²) in [4.78, 5) is 29.7. The summed E-state index contributed by atoms with van der Waals surface area (Å²) in [5.74, 6) is -0.379. The molecule has 2 aromatic carbocycles. The number of aliphatic hydroxyl groups excluding tert-OH is 1. The minimum Gasteiger partial charge on any atom is -0.507 e. The number of nitrogens with zero attached hydrogens (tertiary/aromatic N) is 2. The van der Waals surface area contributed by atoms with Gasteiger partial charge in [-0.3, -0.25) is 9.59 Å². The largest absolute Gasteiger partial charge is 0.507 e. The Labute approximate surface area is 201 Å². The van der Waals surface area contributed by atoms with E-state index in [1.165, 1.54) is 4.90 Å². The molecular formula is C27H34N2O5. The summed E-state index contributed by atoms with van der Waals surface area (Å²) in [6.45, 7) is 5.52. The Hall–Kier alpha value is -3.32. The van der Waals surface area contributed by atoms with E-state index in [4.69, 9.17) is 9.47 Å². The first-order valence-electron chi connectivity index (χ1n) is 11.6. The molecule has 7 heteroatoms. The molecule has 7 nitrogen and oxygen atoms in total. The zero-order valence-electron chi connectivity index (χ0n) is 20.6. The van der Waals surface area contributed by atoms with E-state index in [2.05, 4.69) is 6.92 Å². The first kappa shape index (κ1) is 25.3. The highest BCUT2D eigenvalue weighted by Crippen LogP contribution is 2.42.